The van der Waals surface area contributed by atoms with Gasteiger partial charge in [0.05, 0.1) is 13.2 Å². The predicted octanol–water partition coefficient (Wildman–Crippen LogP) is 1.48. The van der Waals surface area contributed by atoms with E-state index >= 15 is 0 Å². The molecule has 18 heavy (non-hydrogen) atoms. The van der Waals surface area contributed by atoms with E-state index in [4.69, 9.17) is 9.47 Å². The molecular formula is C13H21NO4. The van der Waals surface area contributed by atoms with Crippen molar-refractivity contribution in [1.29, 1.82) is 0 Å². The minimum atomic E-state index is -0.278. The van der Waals surface area contributed by atoms with Crippen molar-refractivity contribution in [2.75, 3.05) is 26.3 Å². The molecular weight excluding hydrogens is 234 g/mol. The van der Waals surface area contributed by atoms with E-state index in [9.17, 15) is 9.59 Å². The lowest BCUT2D eigenvalue weighted by atomic mass is 10.3. The Bertz CT molecular complexity index is 325. The lowest BCUT2D eigenvalue weighted by molar-refractivity contribution is -0.141. The lowest BCUT2D eigenvalue weighted by Crippen LogP contribution is -2.21. The second-order valence-corrected chi connectivity index (χ2v) is 4.17. The molecule has 0 saturated carbocycles. The van der Waals surface area contributed by atoms with Crippen molar-refractivity contribution in [3.05, 3.63) is 11.8 Å². The summed E-state index contributed by atoms with van der Waals surface area (Å²) in [4.78, 5) is 24.1. The SMILES string of the molecule is CCOC(=O)/C=C1/CCCN1CCCOC(C)=O. The minimum absolute atomic E-state index is 0.251. The Morgan fingerprint density at radius 1 is 1.39 bits per heavy atom. The minimum Gasteiger partial charge on any atom is -0.466 e. The first-order chi connectivity index (χ1) is 8.63. The first-order valence-electron chi connectivity index (χ1n) is 6.39. The Morgan fingerprint density at radius 3 is 2.83 bits per heavy atom. The van der Waals surface area contributed by atoms with Crippen molar-refractivity contribution in [2.45, 2.75) is 33.1 Å². The molecule has 0 aliphatic carbocycles. The molecule has 0 amide bonds. The highest BCUT2D eigenvalue weighted by atomic mass is 16.5. The van der Waals surface area contributed by atoms with Crippen molar-refractivity contribution in [3.63, 3.8) is 0 Å². The maximum Gasteiger partial charge on any atom is 0.332 e. The largest absolute Gasteiger partial charge is 0.466 e. The van der Waals surface area contributed by atoms with E-state index in [1.807, 2.05) is 0 Å². The maximum absolute atomic E-state index is 11.4. The second-order valence-electron chi connectivity index (χ2n) is 4.17. The van der Waals surface area contributed by atoms with Gasteiger partial charge in [-0.25, -0.2) is 4.79 Å². The van der Waals surface area contributed by atoms with Gasteiger partial charge in [-0.05, 0) is 26.2 Å². The van der Waals surface area contributed by atoms with Gasteiger partial charge in [-0.15, -0.1) is 0 Å². The number of ether oxygens (including phenoxy) is 2. The van der Waals surface area contributed by atoms with Gasteiger partial charge >= 0.3 is 11.9 Å². The summed E-state index contributed by atoms with van der Waals surface area (Å²) in [6.45, 7) is 5.78. The van der Waals surface area contributed by atoms with E-state index in [1.165, 1.54) is 6.92 Å². The number of allylic oxidation sites excluding steroid dienone is 1. The van der Waals surface area contributed by atoms with E-state index in [1.54, 1.807) is 13.0 Å². The molecule has 5 nitrogen and oxygen atoms in total. The van der Waals surface area contributed by atoms with Gasteiger partial charge in [0.15, 0.2) is 0 Å². The number of carbonyl (C=O) groups is 2. The summed E-state index contributed by atoms with van der Waals surface area (Å²) in [5, 5.41) is 0. The molecule has 1 aliphatic heterocycles. The van der Waals surface area contributed by atoms with Gasteiger partial charge in [-0.3, -0.25) is 4.79 Å². The van der Waals surface area contributed by atoms with Crippen LogP contribution in [0.25, 0.3) is 0 Å². The summed E-state index contributed by atoms with van der Waals surface area (Å²) in [6, 6.07) is 0. The molecule has 102 valence electrons. The molecule has 1 aliphatic rings. The Morgan fingerprint density at radius 2 is 2.17 bits per heavy atom. The normalized spacial score (nSPS) is 17.0. The number of carbonyl (C=O) groups excluding carboxylic acids is 2. The third-order valence-corrected chi connectivity index (χ3v) is 2.72. The summed E-state index contributed by atoms with van der Waals surface area (Å²) in [6.07, 6.45) is 4.31. The Hall–Kier alpha value is -1.52. The standard InChI is InChI=1S/C13H21NO4/c1-3-17-13(16)10-12-6-4-7-14(12)8-5-9-18-11(2)15/h10H,3-9H2,1-2H3/b12-10-. The number of likely N-dealkylation sites (tertiary alicyclic amines) is 1. The van der Waals surface area contributed by atoms with Gasteiger partial charge in [0, 0.05) is 31.8 Å². The summed E-state index contributed by atoms with van der Waals surface area (Å²) in [7, 11) is 0. The summed E-state index contributed by atoms with van der Waals surface area (Å²) < 4.78 is 9.78. The molecule has 0 atom stereocenters. The van der Waals surface area contributed by atoms with Crippen molar-refractivity contribution in [3.8, 4) is 0 Å². The van der Waals surface area contributed by atoms with E-state index in [0.29, 0.717) is 13.2 Å². The van der Waals surface area contributed by atoms with Gasteiger partial charge in [0.25, 0.3) is 0 Å². The monoisotopic (exact) mass is 255 g/mol. The lowest BCUT2D eigenvalue weighted by Gasteiger charge is -2.19. The number of esters is 2. The molecule has 0 aromatic carbocycles. The van der Waals surface area contributed by atoms with Crippen LogP contribution in [-0.4, -0.2) is 43.1 Å². The predicted molar refractivity (Wildman–Crippen MR) is 66.8 cm³/mol. The molecule has 0 spiro atoms. The van der Waals surface area contributed by atoms with E-state index in [2.05, 4.69) is 4.90 Å². The number of rotatable bonds is 6. The molecule has 1 saturated heterocycles. The van der Waals surface area contributed by atoms with Crippen LogP contribution in [0.2, 0.25) is 0 Å². The maximum atomic E-state index is 11.4. The average molecular weight is 255 g/mol. The summed E-state index contributed by atoms with van der Waals surface area (Å²) in [5.41, 5.74) is 1.02. The molecule has 1 fully saturated rings. The Balaban J connectivity index is 2.35. The van der Waals surface area contributed by atoms with Crippen LogP contribution in [-0.2, 0) is 19.1 Å². The molecule has 1 heterocycles. The molecule has 0 radical (unpaired) electrons. The fourth-order valence-electron chi connectivity index (χ4n) is 1.96. The number of hydrogen-bond donors (Lipinski definition) is 0. The molecule has 1 rings (SSSR count). The van der Waals surface area contributed by atoms with Crippen molar-refractivity contribution in [2.24, 2.45) is 0 Å². The highest BCUT2D eigenvalue weighted by Gasteiger charge is 2.17. The summed E-state index contributed by atoms with van der Waals surface area (Å²) in [5.74, 6) is -0.530. The van der Waals surface area contributed by atoms with Crippen LogP contribution in [0.3, 0.4) is 0 Å². The molecule has 0 N–H and O–H groups in total. The van der Waals surface area contributed by atoms with E-state index < -0.39 is 0 Å². The van der Waals surface area contributed by atoms with Gasteiger partial charge < -0.3 is 14.4 Å². The third-order valence-electron chi connectivity index (χ3n) is 2.72. The smallest absolute Gasteiger partial charge is 0.332 e. The second kappa shape index (κ2) is 7.74. The highest BCUT2D eigenvalue weighted by molar-refractivity contribution is 5.82. The van der Waals surface area contributed by atoms with E-state index in [0.717, 1.165) is 38.0 Å². The Labute approximate surface area is 108 Å². The van der Waals surface area contributed by atoms with Crippen LogP contribution in [0, 0.1) is 0 Å². The van der Waals surface area contributed by atoms with Crippen LogP contribution in [0.1, 0.15) is 33.1 Å². The fraction of sp³-hybridized carbons (Fsp3) is 0.692. The van der Waals surface area contributed by atoms with Crippen LogP contribution < -0.4 is 0 Å². The first kappa shape index (κ1) is 14.5. The fourth-order valence-corrected chi connectivity index (χ4v) is 1.96. The van der Waals surface area contributed by atoms with Gasteiger partial charge in [0.1, 0.15) is 0 Å². The topological polar surface area (TPSA) is 55.8 Å². The molecule has 0 unspecified atom stereocenters. The molecule has 5 heteroatoms. The number of hydrogen-bond acceptors (Lipinski definition) is 5. The zero-order valence-electron chi connectivity index (χ0n) is 11.1. The average Bonchev–Trinajstić information content (AvgIpc) is 2.72. The number of nitrogens with zero attached hydrogens (tertiary/aromatic N) is 1. The zero-order valence-corrected chi connectivity index (χ0v) is 11.1. The van der Waals surface area contributed by atoms with Crippen molar-refractivity contribution in [1.82, 2.24) is 4.90 Å². The highest BCUT2D eigenvalue weighted by Crippen LogP contribution is 2.21. The van der Waals surface area contributed by atoms with Gasteiger partial charge in [-0.2, -0.15) is 0 Å². The molecule has 0 bridgehead atoms. The Kier molecular flexibility index (Phi) is 6.25. The third kappa shape index (κ3) is 5.21. The van der Waals surface area contributed by atoms with Crippen LogP contribution in [0.15, 0.2) is 11.8 Å². The van der Waals surface area contributed by atoms with Crippen LogP contribution >= 0.6 is 0 Å². The van der Waals surface area contributed by atoms with Gasteiger partial charge in [0.2, 0.25) is 0 Å². The quantitative estimate of drug-likeness (QED) is 0.409. The van der Waals surface area contributed by atoms with Crippen LogP contribution in [0.4, 0.5) is 0 Å². The van der Waals surface area contributed by atoms with Gasteiger partial charge in [-0.1, -0.05) is 0 Å². The van der Waals surface area contributed by atoms with Crippen LogP contribution in [0.5, 0.6) is 0 Å². The molecule has 0 aromatic rings. The first-order valence-corrected chi connectivity index (χ1v) is 6.39. The zero-order chi connectivity index (χ0) is 13.4. The van der Waals surface area contributed by atoms with Crippen molar-refractivity contribution >= 4 is 11.9 Å². The molecule has 0 aromatic heterocycles. The van der Waals surface area contributed by atoms with Crippen molar-refractivity contribution < 1.29 is 19.1 Å². The van der Waals surface area contributed by atoms with E-state index in [-0.39, 0.29) is 11.9 Å². The summed E-state index contributed by atoms with van der Waals surface area (Å²) >= 11 is 0.